The zero-order valence-corrected chi connectivity index (χ0v) is 22.5. The Balaban J connectivity index is 1.08. The van der Waals surface area contributed by atoms with E-state index in [-0.39, 0.29) is 11.9 Å². The van der Waals surface area contributed by atoms with Gasteiger partial charge in [-0.3, -0.25) is 9.89 Å². The largest absolute Gasteiger partial charge is 0.490 e. The lowest BCUT2D eigenvalue weighted by atomic mass is 9.77. The minimum absolute atomic E-state index is 0.0296. The van der Waals surface area contributed by atoms with Gasteiger partial charge < -0.3 is 15.0 Å². The molecule has 7 heteroatoms. The van der Waals surface area contributed by atoms with Gasteiger partial charge in [-0.1, -0.05) is 6.42 Å². The first-order valence-corrected chi connectivity index (χ1v) is 14.9. The van der Waals surface area contributed by atoms with Crippen molar-refractivity contribution in [2.75, 3.05) is 7.05 Å². The van der Waals surface area contributed by atoms with Gasteiger partial charge in [-0.25, -0.2) is 0 Å². The molecule has 2 aromatic heterocycles. The summed E-state index contributed by atoms with van der Waals surface area (Å²) in [6.45, 7) is 0. The summed E-state index contributed by atoms with van der Waals surface area (Å²) < 4.78 is 6.39. The van der Waals surface area contributed by atoms with Crippen molar-refractivity contribution < 1.29 is 9.53 Å². The molecule has 1 aliphatic carbocycles. The fourth-order valence-corrected chi connectivity index (χ4v) is 7.34. The standard InChI is InChI=1S/C31H34N4O2S/c1-35-23-8-9-24(35)17-26(16-23)37-25-10-5-20(6-11-25)30-27-15-21(7-12-28(27)33-34-30)31(36)32-29(19-3-2-4-19)22-13-14-38-18-22/h5-7,10-15,18-19,23-24,26,29H,2-4,8-9,16-17H2,1H3,(H,32,36)(H,33,34). The number of aromatic nitrogens is 2. The lowest BCUT2D eigenvalue weighted by Gasteiger charge is -2.36. The molecular formula is C31H34N4O2S. The van der Waals surface area contributed by atoms with Crippen LogP contribution in [0.2, 0.25) is 0 Å². The molecule has 4 heterocycles. The highest BCUT2D eigenvalue weighted by atomic mass is 32.1. The summed E-state index contributed by atoms with van der Waals surface area (Å²) in [6, 6.07) is 17.6. The fourth-order valence-electron chi connectivity index (χ4n) is 6.64. The number of aromatic amines is 1. The van der Waals surface area contributed by atoms with E-state index in [0.717, 1.165) is 40.8 Å². The Bertz CT molecular complexity index is 1410. The predicted octanol–water partition coefficient (Wildman–Crippen LogP) is 6.57. The Kier molecular flexibility index (Phi) is 6.21. The van der Waals surface area contributed by atoms with Crippen molar-refractivity contribution in [3.8, 4) is 17.0 Å². The van der Waals surface area contributed by atoms with Gasteiger partial charge in [0.25, 0.3) is 5.91 Å². The number of fused-ring (bicyclic) bond motifs is 3. The van der Waals surface area contributed by atoms with Gasteiger partial charge in [0.2, 0.25) is 0 Å². The Morgan fingerprint density at radius 1 is 1.08 bits per heavy atom. The van der Waals surface area contributed by atoms with Crippen molar-refractivity contribution in [1.29, 1.82) is 0 Å². The molecule has 2 bridgehead atoms. The summed E-state index contributed by atoms with van der Waals surface area (Å²) in [7, 11) is 2.26. The molecule has 3 unspecified atom stereocenters. The molecule has 196 valence electrons. The maximum absolute atomic E-state index is 13.4. The lowest BCUT2D eigenvalue weighted by molar-refractivity contribution is 0.0662. The van der Waals surface area contributed by atoms with E-state index in [0.29, 0.717) is 29.7 Å². The second kappa shape index (κ2) is 9.86. The first-order valence-electron chi connectivity index (χ1n) is 13.9. The first kappa shape index (κ1) is 23.9. The van der Waals surface area contributed by atoms with E-state index in [2.05, 4.69) is 68.6 Å². The fraction of sp³-hybridized carbons (Fsp3) is 0.419. The second-order valence-corrected chi connectivity index (χ2v) is 12.1. The molecule has 1 amide bonds. The minimum Gasteiger partial charge on any atom is -0.490 e. The number of rotatable bonds is 7. The molecular weight excluding hydrogens is 492 g/mol. The monoisotopic (exact) mass is 526 g/mol. The second-order valence-electron chi connectivity index (χ2n) is 11.3. The maximum Gasteiger partial charge on any atom is 0.251 e. The van der Waals surface area contributed by atoms with Crippen LogP contribution < -0.4 is 10.1 Å². The highest BCUT2D eigenvalue weighted by Gasteiger charge is 2.39. The minimum atomic E-state index is -0.0296. The molecule has 0 spiro atoms. The predicted molar refractivity (Wildman–Crippen MR) is 152 cm³/mol. The molecule has 2 N–H and O–H groups in total. The van der Waals surface area contributed by atoms with Gasteiger partial charge >= 0.3 is 0 Å². The number of carbonyl (C=O) groups excluding carboxylic acids is 1. The van der Waals surface area contributed by atoms with Crippen LogP contribution >= 0.6 is 11.3 Å². The summed E-state index contributed by atoms with van der Waals surface area (Å²) in [5.74, 6) is 1.41. The van der Waals surface area contributed by atoms with Crippen LogP contribution in [0.3, 0.4) is 0 Å². The van der Waals surface area contributed by atoms with Gasteiger partial charge in [-0.15, -0.1) is 0 Å². The van der Waals surface area contributed by atoms with Crippen LogP contribution in [0.15, 0.2) is 59.3 Å². The van der Waals surface area contributed by atoms with Crippen LogP contribution in [0.4, 0.5) is 0 Å². The van der Waals surface area contributed by atoms with Gasteiger partial charge in [-0.05, 0) is 116 Å². The highest BCUT2D eigenvalue weighted by Crippen LogP contribution is 2.39. The molecule has 2 saturated heterocycles. The van der Waals surface area contributed by atoms with E-state index >= 15 is 0 Å². The summed E-state index contributed by atoms with van der Waals surface area (Å²) in [4.78, 5) is 15.9. The number of nitrogens with zero attached hydrogens (tertiary/aromatic N) is 2. The van der Waals surface area contributed by atoms with Gasteiger partial charge in [-0.2, -0.15) is 16.4 Å². The van der Waals surface area contributed by atoms with Crippen molar-refractivity contribution >= 4 is 28.1 Å². The maximum atomic E-state index is 13.4. The van der Waals surface area contributed by atoms with E-state index in [1.165, 1.54) is 37.7 Å². The number of benzene rings is 2. The molecule has 2 aromatic carbocycles. The number of ether oxygens (including phenoxy) is 1. The van der Waals surface area contributed by atoms with Crippen LogP contribution in [-0.4, -0.2) is 46.2 Å². The number of amides is 1. The quantitative estimate of drug-likeness (QED) is 0.286. The molecule has 3 aliphatic rings. The Labute approximate surface area is 227 Å². The zero-order chi connectivity index (χ0) is 25.6. The van der Waals surface area contributed by atoms with Crippen molar-refractivity contribution in [2.24, 2.45) is 5.92 Å². The van der Waals surface area contributed by atoms with Gasteiger partial charge in [0.1, 0.15) is 11.9 Å². The summed E-state index contributed by atoms with van der Waals surface area (Å²) in [5, 5.41) is 16.3. The third kappa shape index (κ3) is 4.41. The molecule has 0 radical (unpaired) electrons. The Morgan fingerprint density at radius 3 is 2.55 bits per heavy atom. The van der Waals surface area contributed by atoms with E-state index in [9.17, 15) is 4.79 Å². The molecule has 1 saturated carbocycles. The first-order chi connectivity index (χ1) is 18.6. The van der Waals surface area contributed by atoms with Gasteiger partial charge in [0, 0.05) is 28.6 Å². The summed E-state index contributed by atoms with van der Waals surface area (Å²) >= 11 is 1.68. The molecule has 38 heavy (non-hydrogen) atoms. The van der Waals surface area contributed by atoms with E-state index < -0.39 is 0 Å². The number of piperidine rings is 1. The van der Waals surface area contributed by atoms with Crippen molar-refractivity contribution in [1.82, 2.24) is 20.4 Å². The number of nitrogens with one attached hydrogen (secondary N) is 2. The Hall–Kier alpha value is -3.16. The molecule has 3 atom stereocenters. The van der Waals surface area contributed by atoms with Crippen LogP contribution in [-0.2, 0) is 0 Å². The molecule has 7 rings (SSSR count). The van der Waals surface area contributed by atoms with Crippen LogP contribution in [0, 0.1) is 5.92 Å². The van der Waals surface area contributed by atoms with Gasteiger partial charge in [0.15, 0.2) is 0 Å². The third-order valence-electron chi connectivity index (χ3n) is 9.12. The van der Waals surface area contributed by atoms with E-state index in [1.807, 2.05) is 18.2 Å². The molecule has 4 aromatic rings. The third-order valence-corrected chi connectivity index (χ3v) is 9.82. The molecule has 6 nitrogen and oxygen atoms in total. The topological polar surface area (TPSA) is 70.2 Å². The van der Waals surface area contributed by atoms with Crippen molar-refractivity contribution in [2.45, 2.75) is 69.2 Å². The normalized spacial score (nSPS) is 24.3. The molecule has 2 aliphatic heterocycles. The van der Waals surface area contributed by atoms with Crippen LogP contribution in [0.25, 0.3) is 22.2 Å². The van der Waals surface area contributed by atoms with Gasteiger partial charge in [0.05, 0.1) is 17.3 Å². The number of H-pyrrole nitrogens is 1. The van der Waals surface area contributed by atoms with Crippen molar-refractivity contribution in [3.05, 3.63) is 70.4 Å². The average Bonchev–Trinajstić information content (AvgIpc) is 3.62. The van der Waals surface area contributed by atoms with Crippen LogP contribution in [0.1, 0.15) is 66.9 Å². The highest BCUT2D eigenvalue weighted by molar-refractivity contribution is 7.08. The number of carbonyl (C=O) groups is 1. The molecule has 3 fully saturated rings. The average molecular weight is 527 g/mol. The summed E-state index contributed by atoms with van der Waals surface area (Å²) in [5.41, 5.74) is 4.67. The van der Waals surface area contributed by atoms with Crippen molar-refractivity contribution in [3.63, 3.8) is 0 Å². The number of hydrogen-bond acceptors (Lipinski definition) is 5. The SMILES string of the molecule is CN1C2CCC1CC(Oc1ccc(-c3n[nH]c4ccc(C(=O)NC(c5ccsc5)C5CCC5)cc34)cc1)C2. The smallest absolute Gasteiger partial charge is 0.251 e. The summed E-state index contributed by atoms with van der Waals surface area (Å²) in [6.07, 6.45) is 8.68. The van der Waals surface area contributed by atoms with E-state index in [4.69, 9.17) is 4.74 Å². The number of thiophene rings is 1. The number of hydrogen-bond donors (Lipinski definition) is 2. The van der Waals surface area contributed by atoms with E-state index in [1.54, 1.807) is 11.3 Å². The Morgan fingerprint density at radius 2 is 1.87 bits per heavy atom. The van der Waals surface area contributed by atoms with Crippen LogP contribution in [0.5, 0.6) is 5.75 Å². The lowest BCUT2D eigenvalue weighted by Crippen LogP contribution is -2.43. The zero-order valence-electron chi connectivity index (χ0n) is 21.7.